The second-order valence-corrected chi connectivity index (χ2v) is 0.990. The molecule has 0 saturated carbocycles. The molecule has 13 heteroatoms. The third kappa shape index (κ3) is 768. The van der Waals surface area contributed by atoms with Gasteiger partial charge in [0.15, 0.2) is 0 Å². The first-order chi connectivity index (χ1) is 4.00. The Hall–Kier alpha value is 1.53. The minimum absolute atomic E-state index is 0. The Morgan fingerprint density at radius 2 is 0.538 bits per heavy atom. The van der Waals surface area contributed by atoms with Crippen molar-refractivity contribution in [3.63, 3.8) is 0 Å². The summed E-state index contributed by atoms with van der Waals surface area (Å²) in [5, 5.41) is 0. The van der Waals surface area contributed by atoms with Gasteiger partial charge in [0.2, 0.25) is 0 Å². The summed E-state index contributed by atoms with van der Waals surface area (Å²) in [5.41, 5.74) is 0. The van der Waals surface area contributed by atoms with E-state index < -0.39 is 14.5 Å². The Morgan fingerprint density at radius 3 is 0.538 bits per heavy atom. The number of halogens is 10. The van der Waals surface area contributed by atoms with Crippen molar-refractivity contribution < 1.29 is 65.5 Å². The van der Waals surface area contributed by atoms with Gasteiger partial charge < -0.3 is 36.0 Å². The van der Waals surface area contributed by atoms with E-state index in [1.54, 1.807) is 0 Å². The average molecular weight is 359 g/mol. The summed E-state index contributed by atoms with van der Waals surface area (Å²) in [6.45, 7) is 0. The van der Waals surface area contributed by atoms with Crippen LogP contribution in [0.4, 0.5) is 34.5 Å². The van der Waals surface area contributed by atoms with E-state index in [1.807, 2.05) is 0 Å². The summed E-state index contributed by atoms with van der Waals surface area (Å²) in [4.78, 5) is 0. The van der Waals surface area contributed by atoms with Crippen molar-refractivity contribution in [1.29, 1.82) is 0 Å². The molecule has 0 fully saturated rings. The fourth-order valence-corrected chi connectivity index (χ4v) is 0. The van der Waals surface area contributed by atoms with Crippen LogP contribution in [-0.2, 0) is 0 Å². The van der Waals surface area contributed by atoms with Crippen molar-refractivity contribution >= 4 is 48.5 Å². The first-order valence-corrected chi connectivity index (χ1v) is 1.75. The van der Waals surface area contributed by atoms with Crippen molar-refractivity contribution in [1.82, 2.24) is 0 Å². The molecule has 0 rings (SSSR count). The van der Waals surface area contributed by atoms with Crippen LogP contribution < -0.4 is 29.6 Å². The number of rotatable bonds is 0. The van der Waals surface area contributed by atoms with Crippen LogP contribution in [0.15, 0.2) is 0 Å². The molecule has 0 aromatic heterocycles. The van der Waals surface area contributed by atoms with Gasteiger partial charge >= 0.3 is 44.1 Å². The van der Waals surface area contributed by atoms with E-state index in [4.69, 9.17) is 0 Å². The molecule has 0 saturated heterocycles. The third-order valence-electron chi connectivity index (χ3n) is 0. The monoisotopic (exact) mass is 358 g/mol. The summed E-state index contributed by atoms with van der Waals surface area (Å²) < 4.78 is 78.0. The predicted octanol–water partition coefficient (Wildman–Crippen LogP) is 0.872. The SMILES string of the molecule is Br.Br.F[B-](F)(F)F.F[B-](F)(F)F.[H-].[Na+]. The molecular formula is H3B2Br2F8Na-2. The fraction of sp³-hybridized carbons (Fsp3) is 0. The van der Waals surface area contributed by atoms with E-state index >= 15 is 0 Å². The van der Waals surface area contributed by atoms with E-state index in [1.165, 1.54) is 0 Å². The molecule has 0 aliphatic rings. The largest absolute Gasteiger partial charge is 1.00 e. The van der Waals surface area contributed by atoms with Gasteiger partial charge in [0, 0.05) is 0 Å². The van der Waals surface area contributed by atoms with Crippen molar-refractivity contribution in [2.24, 2.45) is 0 Å². The average Bonchev–Trinajstić information content (AvgIpc) is 1.12. The van der Waals surface area contributed by atoms with Crippen molar-refractivity contribution in [3.8, 4) is 0 Å². The second-order valence-electron chi connectivity index (χ2n) is 0.990. The van der Waals surface area contributed by atoms with Gasteiger partial charge in [0.25, 0.3) is 0 Å². The Morgan fingerprint density at radius 1 is 0.538 bits per heavy atom. The minimum Gasteiger partial charge on any atom is -1.00 e. The molecule has 0 unspecified atom stereocenters. The molecule has 0 bridgehead atoms. The topological polar surface area (TPSA) is 0 Å². The molecular weight excluding hydrogens is 356 g/mol. The quantitative estimate of drug-likeness (QED) is 0.445. The minimum atomic E-state index is -6.00. The van der Waals surface area contributed by atoms with Gasteiger partial charge in [-0.05, 0) is 0 Å². The molecule has 0 aliphatic carbocycles. The molecule has 0 amide bonds. The molecule has 82 valence electrons. The van der Waals surface area contributed by atoms with Crippen LogP contribution in [0, 0.1) is 0 Å². The van der Waals surface area contributed by atoms with Crippen LogP contribution in [0.25, 0.3) is 0 Å². The van der Waals surface area contributed by atoms with Crippen LogP contribution in [0.1, 0.15) is 1.43 Å². The maximum Gasteiger partial charge on any atom is 1.00 e. The van der Waals surface area contributed by atoms with Crippen molar-refractivity contribution in [2.75, 3.05) is 0 Å². The summed E-state index contributed by atoms with van der Waals surface area (Å²) in [6, 6.07) is 0. The molecule has 0 N–H and O–H groups in total. The van der Waals surface area contributed by atoms with Crippen LogP contribution in [0.2, 0.25) is 0 Å². The zero-order valence-corrected chi connectivity index (χ0v) is 11.4. The Labute approximate surface area is 113 Å². The molecule has 0 atom stereocenters. The standard InChI is InChI=1S/2BF4.2BrH.Na.H/c2*2-1(3,4)5;;;;/h;;2*1H;;/q2*-1;;;+1;-1. The van der Waals surface area contributed by atoms with E-state index in [-0.39, 0.29) is 64.9 Å². The Bertz CT molecular complexity index is 68.3. The van der Waals surface area contributed by atoms with E-state index in [0.29, 0.717) is 0 Å². The summed E-state index contributed by atoms with van der Waals surface area (Å²) in [5.74, 6) is 0. The van der Waals surface area contributed by atoms with Gasteiger partial charge in [0.05, 0.1) is 0 Å². The van der Waals surface area contributed by atoms with Crippen molar-refractivity contribution in [2.45, 2.75) is 0 Å². The number of hydrogen-bond acceptors (Lipinski definition) is 0. The smallest absolute Gasteiger partial charge is 1.00 e. The molecule has 0 heterocycles. The molecule has 0 nitrogen and oxygen atoms in total. The predicted molar refractivity (Wildman–Crippen MR) is 42.1 cm³/mol. The van der Waals surface area contributed by atoms with Crippen LogP contribution in [-0.4, -0.2) is 14.5 Å². The first-order valence-electron chi connectivity index (χ1n) is 1.75. The van der Waals surface area contributed by atoms with Gasteiger partial charge in [0.1, 0.15) is 0 Å². The van der Waals surface area contributed by atoms with Gasteiger partial charge in [-0.3, -0.25) is 0 Å². The fourth-order valence-electron chi connectivity index (χ4n) is 0. The molecule has 0 aromatic carbocycles. The van der Waals surface area contributed by atoms with Crippen LogP contribution in [0.5, 0.6) is 0 Å². The zero-order chi connectivity index (χ0) is 9.00. The van der Waals surface area contributed by atoms with Crippen LogP contribution in [0.3, 0.4) is 0 Å². The molecule has 0 aliphatic heterocycles. The molecule has 0 spiro atoms. The summed E-state index contributed by atoms with van der Waals surface area (Å²) in [7, 11) is -12.0. The second kappa shape index (κ2) is 11.6. The Kier molecular flexibility index (Phi) is 26.1. The zero-order valence-electron chi connectivity index (χ0n) is 6.99. The first kappa shape index (κ1) is 29.3. The molecule has 0 aromatic rings. The van der Waals surface area contributed by atoms with Gasteiger partial charge in [-0.25, -0.2) is 0 Å². The van der Waals surface area contributed by atoms with Gasteiger partial charge in [-0.2, -0.15) is 0 Å². The molecule has 13 heavy (non-hydrogen) atoms. The van der Waals surface area contributed by atoms with E-state index in [0.717, 1.165) is 0 Å². The van der Waals surface area contributed by atoms with Gasteiger partial charge in [-0.1, -0.05) is 0 Å². The summed E-state index contributed by atoms with van der Waals surface area (Å²) >= 11 is 0. The maximum atomic E-state index is 9.75. The maximum absolute atomic E-state index is 9.75. The normalized spacial score (nSPS) is 9.23. The Balaban J connectivity index is -0.0000000178. The third-order valence-corrected chi connectivity index (χ3v) is 0. The summed E-state index contributed by atoms with van der Waals surface area (Å²) in [6.07, 6.45) is 0. The number of hydrogen-bond donors (Lipinski definition) is 0. The van der Waals surface area contributed by atoms with Gasteiger partial charge in [-0.15, -0.1) is 34.0 Å². The van der Waals surface area contributed by atoms with E-state index in [2.05, 4.69) is 0 Å². The van der Waals surface area contributed by atoms with Crippen molar-refractivity contribution in [3.05, 3.63) is 0 Å². The van der Waals surface area contributed by atoms with E-state index in [9.17, 15) is 34.5 Å². The molecule has 0 radical (unpaired) electrons. The van der Waals surface area contributed by atoms with Crippen LogP contribution >= 0.6 is 34.0 Å².